The summed E-state index contributed by atoms with van der Waals surface area (Å²) >= 11 is 15.5. The zero-order chi connectivity index (χ0) is 15.7. The Morgan fingerprint density at radius 2 is 2.00 bits per heavy atom. The minimum absolute atomic E-state index is 0.0679. The molecule has 21 heavy (non-hydrogen) atoms. The van der Waals surface area contributed by atoms with Gasteiger partial charge in [-0.05, 0) is 46.6 Å². The first-order valence-electron chi connectivity index (χ1n) is 6.35. The van der Waals surface area contributed by atoms with Crippen molar-refractivity contribution in [2.24, 2.45) is 7.05 Å². The summed E-state index contributed by atoms with van der Waals surface area (Å²) in [5, 5.41) is 1.14. The van der Waals surface area contributed by atoms with Crippen LogP contribution in [0, 0.1) is 0 Å². The molecule has 0 radical (unpaired) electrons. The highest BCUT2D eigenvalue weighted by Crippen LogP contribution is 2.30. The number of rotatable bonds is 3. The molecule has 0 spiro atoms. The Hall–Kier alpha value is -0.970. The third kappa shape index (κ3) is 3.44. The second kappa shape index (κ2) is 6.42. The van der Waals surface area contributed by atoms with Crippen LogP contribution in [0.1, 0.15) is 29.0 Å². The number of aryl methyl sites for hydroxylation is 1. The molecule has 0 saturated heterocycles. The topological polar surface area (TPSA) is 25.2 Å². The predicted molar refractivity (Wildman–Crippen MR) is 90.1 cm³/mol. The van der Waals surface area contributed by atoms with Gasteiger partial charge in [0, 0.05) is 34.8 Å². The number of aromatic nitrogens is 1. The fraction of sp³-hybridized carbons (Fsp3) is 0.267. The monoisotopic (exact) mass is 388 g/mol. The Balaban J connectivity index is 2.28. The highest BCUT2D eigenvalue weighted by Gasteiger charge is 2.22. The molecule has 1 amide bonds. The first-order chi connectivity index (χ1) is 9.81. The summed E-state index contributed by atoms with van der Waals surface area (Å²) in [6.45, 7) is 1.94. The summed E-state index contributed by atoms with van der Waals surface area (Å²) in [7, 11) is 3.60. The number of carbonyl (C=O) groups excluding carboxylic acids is 1. The number of nitrogens with zero attached hydrogens (tertiary/aromatic N) is 2. The van der Waals surface area contributed by atoms with E-state index in [4.69, 9.17) is 23.2 Å². The van der Waals surface area contributed by atoms with Gasteiger partial charge in [0.05, 0.1) is 6.04 Å². The van der Waals surface area contributed by atoms with Gasteiger partial charge in [-0.1, -0.05) is 29.3 Å². The van der Waals surface area contributed by atoms with Crippen molar-refractivity contribution in [2.45, 2.75) is 13.0 Å². The number of carbonyl (C=O) groups is 1. The van der Waals surface area contributed by atoms with Gasteiger partial charge in [-0.3, -0.25) is 4.79 Å². The molecule has 0 aliphatic carbocycles. The molecule has 0 aliphatic rings. The molecule has 1 heterocycles. The van der Waals surface area contributed by atoms with E-state index in [1.165, 1.54) is 0 Å². The molecule has 1 aromatic heterocycles. The normalized spacial score (nSPS) is 12.3. The maximum absolute atomic E-state index is 12.6. The van der Waals surface area contributed by atoms with E-state index in [1.807, 2.05) is 26.2 Å². The van der Waals surface area contributed by atoms with Gasteiger partial charge in [0.25, 0.3) is 5.91 Å². The third-order valence-electron chi connectivity index (χ3n) is 3.50. The van der Waals surface area contributed by atoms with E-state index < -0.39 is 0 Å². The maximum Gasteiger partial charge on any atom is 0.270 e. The average Bonchev–Trinajstić information content (AvgIpc) is 2.75. The van der Waals surface area contributed by atoms with Crippen molar-refractivity contribution in [3.8, 4) is 0 Å². The lowest BCUT2D eigenvalue weighted by molar-refractivity contribution is 0.0733. The Morgan fingerprint density at radius 1 is 1.33 bits per heavy atom. The molecule has 1 aromatic carbocycles. The van der Waals surface area contributed by atoms with Crippen LogP contribution in [-0.2, 0) is 7.05 Å². The van der Waals surface area contributed by atoms with Crippen molar-refractivity contribution < 1.29 is 4.79 Å². The van der Waals surface area contributed by atoms with E-state index in [0.717, 1.165) is 10.0 Å². The molecule has 3 nitrogen and oxygen atoms in total. The van der Waals surface area contributed by atoms with Crippen LogP contribution in [0.3, 0.4) is 0 Å². The molecular formula is C15H15BrCl2N2O. The first-order valence-corrected chi connectivity index (χ1v) is 7.90. The van der Waals surface area contributed by atoms with Crippen molar-refractivity contribution in [1.29, 1.82) is 0 Å². The summed E-state index contributed by atoms with van der Waals surface area (Å²) in [6.07, 6.45) is 1.85. The van der Waals surface area contributed by atoms with Gasteiger partial charge in [0.2, 0.25) is 0 Å². The van der Waals surface area contributed by atoms with Gasteiger partial charge in [-0.2, -0.15) is 0 Å². The Morgan fingerprint density at radius 3 is 2.52 bits per heavy atom. The lowest BCUT2D eigenvalue weighted by Gasteiger charge is -2.26. The number of halogens is 3. The molecule has 1 atom stereocenters. The number of benzene rings is 1. The van der Waals surface area contributed by atoms with E-state index in [9.17, 15) is 4.79 Å². The van der Waals surface area contributed by atoms with Gasteiger partial charge >= 0.3 is 0 Å². The summed E-state index contributed by atoms with van der Waals surface area (Å²) in [6, 6.07) is 6.95. The maximum atomic E-state index is 12.6. The smallest absolute Gasteiger partial charge is 0.270 e. The Labute approximate surface area is 142 Å². The molecule has 2 rings (SSSR count). The zero-order valence-corrected chi connectivity index (χ0v) is 15.0. The number of hydrogen-bond acceptors (Lipinski definition) is 1. The van der Waals surface area contributed by atoms with Crippen LogP contribution in [0.5, 0.6) is 0 Å². The van der Waals surface area contributed by atoms with Crippen LogP contribution >= 0.6 is 39.1 Å². The minimum atomic E-state index is -0.157. The van der Waals surface area contributed by atoms with Crippen LogP contribution in [0.25, 0.3) is 0 Å². The van der Waals surface area contributed by atoms with E-state index in [-0.39, 0.29) is 11.9 Å². The standard InChI is InChI=1S/C15H15BrCl2N2O/c1-9(12-5-4-11(17)7-13(12)18)20(3)15(21)14-6-10(16)8-19(14)2/h4-9H,1-3H3. The summed E-state index contributed by atoms with van der Waals surface area (Å²) in [5.74, 6) is -0.0679. The summed E-state index contributed by atoms with van der Waals surface area (Å²) < 4.78 is 2.66. The van der Waals surface area contributed by atoms with Crippen molar-refractivity contribution in [1.82, 2.24) is 9.47 Å². The van der Waals surface area contributed by atoms with Gasteiger partial charge in [0.15, 0.2) is 0 Å². The molecule has 1 unspecified atom stereocenters. The average molecular weight is 390 g/mol. The molecule has 0 fully saturated rings. The molecule has 0 N–H and O–H groups in total. The van der Waals surface area contributed by atoms with Crippen molar-refractivity contribution in [3.63, 3.8) is 0 Å². The zero-order valence-electron chi connectivity index (χ0n) is 11.9. The second-order valence-electron chi connectivity index (χ2n) is 4.91. The predicted octanol–water partition coefficient (Wildman–Crippen LogP) is 4.93. The van der Waals surface area contributed by atoms with Crippen LogP contribution in [0.2, 0.25) is 10.0 Å². The van der Waals surface area contributed by atoms with Gasteiger partial charge < -0.3 is 9.47 Å². The van der Waals surface area contributed by atoms with Crippen LogP contribution in [0.15, 0.2) is 34.9 Å². The minimum Gasteiger partial charge on any atom is -0.345 e. The van der Waals surface area contributed by atoms with Gasteiger partial charge in [-0.25, -0.2) is 0 Å². The summed E-state index contributed by atoms with van der Waals surface area (Å²) in [5.41, 5.74) is 1.48. The van der Waals surface area contributed by atoms with Crippen LogP contribution < -0.4 is 0 Å². The Kier molecular flexibility index (Phi) is 5.02. The SMILES string of the molecule is CC(c1ccc(Cl)cc1Cl)N(C)C(=O)c1cc(Br)cn1C. The fourth-order valence-electron chi connectivity index (χ4n) is 2.14. The van der Waals surface area contributed by atoms with Gasteiger partial charge in [0.1, 0.15) is 5.69 Å². The molecular weight excluding hydrogens is 375 g/mol. The molecule has 2 aromatic rings. The third-order valence-corrected chi connectivity index (χ3v) is 4.50. The lowest BCUT2D eigenvalue weighted by atomic mass is 10.1. The van der Waals surface area contributed by atoms with Crippen molar-refractivity contribution >= 4 is 45.0 Å². The highest BCUT2D eigenvalue weighted by molar-refractivity contribution is 9.10. The second-order valence-corrected chi connectivity index (χ2v) is 6.67. The van der Waals surface area contributed by atoms with Crippen LogP contribution in [0.4, 0.5) is 0 Å². The molecule has 112 valence electrons. The molecule has 0 saturated carbocycles. The molecule has 0 aliphatic heterocycles. The fourth-order valence-corrected chi connectivity index (χ4v) is 3.23. The van der Waals surface area contributed by atoms with Crippen molar-refractivity contribution in [3.05, 3.63) is 56.2 Å². The van der Waals surface area contributed by atoms with E-state index >= 15 is 0 Å². The quantitative estimate of drug-likeness (QED) is 0.730. The Bertz CT molecular complexity index is 684. The number of hydrogen-bond donors (Lipinski definition) is 0. The highest BCUT2D eigenvalue weighted by atomic mass is 79.9. The van der Waals surface area contributed by atoms with Crippen LogP contribution in [-0.4, -0.2) is 22.4 Å². The van der Waals surface area contributed by atoms with E-state index in [0.29, 0.717) is 15.7 Å². The number of amides is 1. The molecule has 6 heteroatoms. The summed E-state index contributed by atoms with van der Waals surface area (Å²) in [4.78, 5) is 14.3. The van der Waals surface area contributed by atoms with E-state index in [1.54, 1.807) is 34.7 Å². The largest absolute Gasteiger partial charge is 0.345 e. The molecule has 0 bridgehead atoms. The first kappa shape index (κ1) is 16.4. The van der Waals surface area contributed by atoms with E-state index in [2.05, 4.69) is 15.9 Å². The van der Waals surface area contributed by atoms with Crippen molar-refractivity contribution in [2.75, 3.05) is 7.05 Å². The lowest BCUT2D eigenvalue weighted by Crippen LogP contribution is -2.31. The van der Waals surface area contributed by atoms with Gasteiger partial charge in [-0.15, -0.1) is 0 Å².